The molecule has 27 heavy (non-hydrogen) atoms. The number of halogens is 1. The Kier molecular flexibility index (Phi) is 7.80. The van der Waals surface area contributed by atoms with Crippen LogP contribution in [0.3, 0.4) is 0 Å². The molecule has 2 rings (SSSR count). The molecule has 4 nitrogen and oxygen atoms in total. The fourth-order valence-electron chi connectivity index (χ4n) is 2.80. The maximum absolute atomic E-state index is 13.0. The van der Waals surface area contributed by atoms with Crippen molar-refractivity contribution >= 4 is 39.4 Å². The molecule has 0 fully saturated rings. The zero-order valence-electron chi connectivity index (χ0n) is 15.9. The van der Waals surface area contributed by atoms with Crippen LogP contribution in [0, 0.1) is 0 Å². The topological polar surface area (TPSA) is 46.6 Å². The molecule has 0 aliphatic heterocycles. The fourth-order valence-corrected chi connectivity index (χ4v) is 3.15. The van der Waals surface area contributed by atoms with E-state index in [0.29, 0.717) is 5.56 Å². The molecule has 0 heterocycles. The Morgan fingerprint density at radius 1 is 1.04 bits per heavy atom. The van der Waals surface area contributed by atoms with Crippen LogP contribution in [0.2, 0.25) is 0 Å². The van der Waals surface area contributed by atoms with Crippen molar-refractivity contribution in [1.29, 1.82) is 0 Å². The van der Waals surface area contributed by atoms with Crippen molar-refractivity contribution in [2.24, 2.45) is 0 Å². The van der Waals surface area contributed by atoms with Crippen LogP contribution in [0.4, 0.5) is 5.69 Å². The number of anilines is 1. The fraction of sp³-hybridized carbons (Fsp3) is 0.273. The molecule has 0 unspecified atom stereocenters. The average Bonchev–Trinajstić information content (AvgIpc) is 2.68. The van der Waals surface area contributed by atoms with Crippen molar-refractivity contribution < 1.29 is 14.3 Å². The number of hydrogen-bond acceptors (Lipinski definition) is 4. The SMILES string of the molecule is CCOC(=O)C(=Cc1ccc(Br)cc1N(CC)CC)C(=O)c1ccccc1. The molecule has 5 heteroatoms. The number of Topliss-reactive ketones (excluding diaryl/α,β-unsaturated/α-hetero) is 1. The van der Waals surface area contributed by atoms with Crippen LogP contribution >= 0.6 is 15.9 Å². The smallest absolute Gasteiger partial charge is 0.342 e. The predicted octanol–water partition coefficient (Wildman–Crippen LogP) is 5.12. The first-order chi connectivity index (χ1) is 13.0. The Balaban J connectivity index is 2.58. The number of rotatable bonds is 8. The van der Waals surface area contributed by atoms with Crippen LogP contribution in [0.1, 0.15) is 36.7 Å². The van der Waals surface area contributed by atoms with E-state index in [1.807, 2.05) is 24.3 Å². The molecular formula is C22H24BrNO3. The van der Waals surface area contributed by atoms with E-state index in [-0.39, 0.29) is 18.0 Å². The van der Waals surface area contributed by atoms with Crippen LogP contribution in [0.5, 0.6) is 0 Å². The molecule has 0 aromatic heterocycles. The van der Waals surface area contributed by atoms with E-state index in [9.17, 15) is 9.59 Å². The van der Waals surface area contributed by atoms with Gasteiger partial charge < -0.3 is 9.64 Å². The van der Waals surface area contributed by atoms with E-state index < -0.39 is 5.97 Å². The quantitative estimate of drug-likeness (QED) is 0.192. The van der Waals surface area contributed by atoms with Crippen LogP contribution in [-0.2, 0) is 9.53 Å². The van der Waals surface area contributed by atoms with E-state index >= 15 is 0 Å². The molecule has 0 radical (unpaired) electrons. The van der Waals surface area contributed by atoms with Crippen LogP contribution in [0.25, 0.3) is 6.08 Å². The Hall–Kier alpha value is -2.40. The van der Waals surface area contributed by atoms with Crippen LogP contribution < -0.4 is 4.90 Å². The van der Waals surface area contributed by atoms with Gasteiger partial charge in [0, 0.05) is 28.8 Å². The van der Waals surface area contributed by atoms with Crippen molar-refractivity contribution in [3.05, 3.63) is 69.7 Å². The number of hydrogen-bond donors (Lipinski definition) is 0. The maximum Gasteiger partial charge on any atom is 0.342 e. The summed E-state index contributed by atoms with van der Waals surface area (Å²) in [6.07, 6.45) is 1.63. The third-order valence-corrected chi connectivity index (χ3v) is 4.67. The van der Waals surface area contributed by atoms with Gasteiger partial charge in [0.2, 0.25) is 0 Å². The van der Waals surface area contributed by atoms with Gasteiger partial charge in [0.25, 0.3) is 0 Å². The summed E-state index contributed by atoms with van der Waals surface area (Å²) in [4.78, 5) is 27.6. The van der Waals surface area contributed by atoms with E-state index in [4.69, 9.17) is 4.74 Å². The largest absolute Gasteiger partial charge is 0.462 e. The Bertz CT molecular complexity index is 827. The maximum atomic E-state index is 13.0. The molecular weight excluding hydrogens is 406 g/mol. The lowest BCUT2D eigenvalue weighted by Gasteiger charge is -2.23. The summed E-state index contributed by atoms with van der Waals surface area (Å²) in [5.41, 5.74) is 2.24. The Morgan fingerprint density at radius 2 is 1.70 bits per heavy atom. The molecule has 0 aliphatic carbocycles. The normalized spacial score (nSPS) is 11.2. The van der Waals surface area contributed by atoms with Crippen molar-refractivity contribution in [3.8, 4) is 0 Å². The van der Waals surface area contributed by atoms with E-state index in [1.165, 1.54) is 0 Å². The van der Waals surface area contributed by atoms with E-state index in [1.54, 1.807) is 37.3 Å². The molecule has 0 N–H and O–H groups in total. The van der Waals surface area contributed by atoms with Gasteiger partial charge in [-0.25, -0.2) is 4.79 Å². The monoisotopic (exact) mass is 429 g/mol. The lowest BCUT2D eigenvalue weighted by Crippen LogP contribution is -2.23. The molecule has 2 aromatic carbocycles. The highest BCUT2D eigenvalue weighted by molar-refractivity contribution is 9.10. The zero-order chi connectivity index (χ0) is 19.8. The summed E-state index contributed by atoms with van der Waals surface area (Å²) in [5.74, 6) is -0.956. The molecule has 0 saturated carbocycles. The van der Waals surface area contributed by atoms with Gasteiger partial charge in [0.1, 0.15) is 5.57 Å². The molecule has 142 valence electrons. The zero-order valence-corrected chi connectivity index (χ0v) is 17.5. The van der Waals surface area contributed by atoms with Gasteiger partial charge in [0.05, 0.1) is 6.61 Å². The van der Waals surface area contributed by atoms with Crippen molar-refractivity contribution in [2.45, 2.75) is 20.8 Å². The molecule has 0 bridgehead atoms. The van der Waals surface area contributed by atoms with Gasteiger partial charge in [-0.15, -0.1) is 0 Å². The summed E-state index contributed by atoms with van der Waals surface area (Å²) in [6.45, 7) is 7.70. The molecule has 2 aromatic rings. The number of carbonyl (C=O) groups excluding carboxylic acids is 2. The summed E-state index contributed by atoms with van der Waals surface area (Å²) in [7, 11) is 0. The van der Waals surface area contributed by atoms with Gasteiger partial charge in [-0.1, -0.05) is 52.3 Å². The number of esters is 1. The highest BCUT2D eigenvalue weighted by Crippen LogP contribution is 2.28. The number of carbonyl (C=O) groups is 2. The summed E-state index contributed by atoms with van der Waals surface area (Å²) in [5, 5.41) is 0. The molecule has 0 atom stereocenters. The molecule has 0 amide bonds. The lowest BCUT2D eigenvalue weighted by atomic mass is 10.00. The minimum absolute atomic E-state index is 0.0266. The third-order valence-electron chi connectivity index (χ3n) is 4.17. The van der Waals surface area contributed by atoms with Crippen molar-refractivity contribution in [3.63, 3.8) is 0 Å². The van der Waals surface area contributed by atoms with E-state index in [0.717, 1.165) is 28.8 Å². The summed E-state index contributed by atoms with van der Waals surface area (Å²) in [6, 6.07) is 14.6. The van der Waals surface area contributed by atoms with Crippen molar-refractivity contribution in [1.82, 2.24) is 0 Å². The first kappa shape index (κ1) is 20.9. The Labute approximate surface area is 169 Å². The minimum atomic E-state index is -0.611. The number of ketones is 1. The third kappa shape index (κ3) is 5.30. The number of benzene rings is 2. The van der Waals surface area contributed by atoms with E-state index in [2.05, 4.69) is 34.7 Å². The summed E-state index contributed by atoms with van der Waals surface area (Å²) < 4.78 is 6.08. The highest BCUT2D eigenvalue weighted by Gasteiger charge is 2.22. The predicted molar refractivity (Wildman–Crippen MR) is 113 cm³/mol. The molecule has 0 saturated heterocycles. The first-order valence-electron chi connectivity index (χ1n) is 9.04. The van der Waals surface area contributed by atoms with Crippen molar-refractivity contribution in [2.75, 3.05) is 24.6 Å². The number of ether oxygens (including phenoxy) is 1. The standard InChI is InChI=1S/C22H24BrNO3/c1-4-24(5-2)20-15-18(23)13-12-17(20)14-19(22(26)27-6-3)21(25)16-10-8-7-9-11-16/h7-15H,4-6H2,1-3H3. The Morgan fingerprint density at radius 3 is 2.30 bits per heavy atom. The second-order valence-corrected chi connectivity index (χ2v) is 6.76. The average molecular weight is 430 g/mol. The van der Waals surface area contributed by atoms with Crippen LogP contribution in [-0.4, -0.2) is 31.4 Å². The lowest BCUT2D eigenvalue weighted by molar-refractivity contribution is -0.137. The number of nitrogens with zero attached hydrogens (tertiary/aromatic N) is 1. The van der Waals surface area contributed by atoms with Gasteiger partial charge >= 0.3 is 5.97 Å². The van der Waals surface area contributed by atoms with Gasteiger partial charge in [-0.2, -0.15) is 0 Å². The molecule has 0 spiro atoms. The van der Waals surface area contributed by atoms with Gasteiger partial charge in [0.15, 0.2) is 5.78 Å². The van der Waals surface area contributed by atoms with Crippen LogP contribution in [0.15, 0.2) is 58.6 Å². The second-order valence-electron chi connectivity index (χ2n) is 5.85. The second kappa shape index (κ2) is 10.1. The molecule has 0 aliphatic rings. The van der Waals surface area contributed by atoms with Gasteiger partial charge in [-0.05, 0) is 44.5 Å². The van der Waals surface area contributed by atoms with Gasteiger partial charge in [-0.3, -0.25) is 4.79 Å². The first-order valence-corrected chi connectivity index (χ1v) is 9.84. The summed E-state index contributed by atoms with van der Waals surface area (Å²) >= 11 is 3.50. The minimum Gasteiger partial charge on any atom is -0.462 e. The highest BCUT2D eigenvalue weighted by atomic mass is 79.9.